The van der Waals surface area contributed by atoms with Crippen LogP contribution in [0.3, 0.4) is 0 Å². The Morgan fingerprint density at radius 2 is 2.00 bits per heavy atom. The van der Waals surface area contributed by atoms with Crippen molar-refractivity contribution in [2.24, 2.45) is 0 Å². The Morgan fingerprint density at radius 1 is 1.20 bits per heavy atom. The van der Waals surface area contributed by atoms with E-state index < -0.39 is 0 Å². The highest BCUT2D eigenvalue weighted by Crippen LogP contribution is 2.32. The summed E-state index contributed by atoms with van der Waals surface area (Å²) in [6, 6.07) is 15.4. The van der Waals surface area contributed by atoms with E-state index in [0.717, 1.165) is 40.5 Å². The van der Waals surface area contributed by atoms with Crippen LogP contribution in [0, 0.1) is 0 Å². The van der Waals surface area contributed by atoms with Gasteiger partial charge in [-0.05, 0) is 36.8 Å². The second-order valence-corrected chi connectivity index (χ2v) is 8.99. The highest BCUT2D eigenvalue weighted by molar-refractivity contribution is 7.98. The monoisotopic (exact) mass is 456 g/mol. The lowest BCUT2D eigenvalue weighted by atomic mass is 10.3. The third-order valence-corrected chi connectivity index (χ3v) is 6.65. The maximum Gasteiger partial charge on any atom is 0.230 e. The largest absolute Gasteiger partial charge is 0.319 e. The first-order valence-corrected chi connectivity index (χ1v) is 11.9. The number of amides is 1. The molecule has 0 N–H and O–H groups in total. The number of thioether (sulfide) groups is 1. The van der Waals surface area contributed by atoms with Gasteiger partial charge in [0.2, 0.25) is 5.91 Å². The predicted octanol–water partition coefficient (Wildman–Crippen LogP) is 6.53. The summed E-state index contributed by atoms with van der Waals surface area (Å²) < 4.78 is 2.23. The van der Waals surface area contributed by atoms with Crippen LogP contribution >= 0.6 is 34.7 Å². The maximum atomic E-state index is 12.2. The number of halogens is 1. The zero-order valence-electron chi connectivity index (χ0n) is 16.7. The Kier molecular flexibility index (Phi) is 6.41. The van der Waals surface area contributed by atoms with Crippen molar-refractivity contribution in [1.82, 2.24) is 14.5 Å². The Labute approximate surface area is 188 Å². The number of thiazole rings is 1. The minimum Gasteiger partial charge on any atom is -0.319 e. The molecule has 1 amide bonds. The Morgan fingerprint density at radius 3 is 2.73 bits per heavy atom. The van der Waals surface area contributed by atoms with Crippen molar-refractivity contribution in [2.75, 3.05) is 4.90 Å². The van der Waals surface area contributed by atoms with Gasteiger partial charge in [-0.3, -0.25) is 9.69 Å². The topological polar surface area (TPSA) is 51.0 Å². The van der Waals surface area contributed by atoms with Crippen molar-refractivity contribution in [3.8, 4) is 0 Å². The summed E-state index contributed by atoms with van der Waals surface area (Å²) in [5.74, 6) is 0.619. The Balaban J connectivity index is 1.56. The molecule has 0 spiro atoms. The van der Waals surface area contributed by atoms with E-state index in [9.17, 15) is 4.79 Å². The fourth-order valence-corrected chi connectivity index (χ4v) is 5.33. The van der Waals surface area contributed by atoms with Gasteiger partial charge in [-0.2, -0.15) is 0 Å². The molecule has 4 aromatic rings. The lowest BCUT2D eigenvalue weighted by Gasteiger charge is -2.17. The van der Waals surface area contributed by atoms with E-state index in [1.807, 2.05) is 53.9 Å². The standard InChI is InChI=1S/C22H21ClN4OS2/c1-3-11-26-20-10-9-16(23)12-19(20)25-21(26)29-13-17-14-30-22(24-17)27(15(2)28)18-7-5-4-6-8-18/h4-10,12,14H,3,11,13H2,1-2H3. The van der Waals surface area contributed by atoms with E-state index in [2.05, 4.69) is 11.5 Å². The predicted molar refractivity (Wildman–Crippen MR) is 126 cm³/mol. The quantitative estimate of drug-likeness (QED) is 0.296. The van der Waals surface area contributed by atoms with E-state index in [0.29, 0.717) is 15.9 Å². The Bertz CT molecular complexity index is 1170. The number of aryl methyl sites for hydroxylation is 1. The molecule has 0 unspecified atom stereocenters. The van der Waals surface area contributed by atoms with Crippen LogP contribution in [-0.2, 0) is 17.1 Å². The first-order chi connectivity index (χ1) is 14.6. The van der Waals surface area contributed by atoms with Gasteiger partial charge in [0.1, 0.15) is 0 Å². The summed E-state index contributed by atoms with van der Waals surface area (Å²) in [7, 11) is 0. The second-order valence-electron chi connectivity index (χ2n) is 6.78. The molecule has 2 aromatic carbocycles. The van der Waals surface area contributed by atoms with Crippen LogP contribution in [0.15, 0.2) is 59.1 Å². The van der Waals surface area contributed by atoms with Crippen LogP contribution in [0.2, 0.25) is 5.02 Å². The summed E-state index contributed by atoms with van der Waals surface area (Å²) in [5, 5.41) is 4.33. The molecule has 0 fully saturated rings. The third kappa shape index (κ3) is 4.38. The average molecular weight is 457 g/mol. The van der Waals surface area contributed by atoms with Crippen molar-refractivity contribution in [3.63, 3.8) is 0 Å². The van der Waals surface area contributed by atoms with Gasteiger partial charge in [0.15, 0.2) is 10.3 Å². The van der Waals surface area contributed by atoms with E-state index in [1.54, 1.807) is 23.6 Å². The van der Waals surface area contributed by atoms with Gasteiger partial charge in [-0.15, -0.1) is 11.3 Å². The summed E-state index contributed by atoms with van der Waals surface area (Å²) >= 11 is 9.27. The SMILES string of the molecule is CCCn1c(SCc2csc(N(C(C)=O)c3ccccc3)n2)nc2cc(Cl)ccc21. The van der Waals surface area contributed by atoms with Crippen LogP contribution in [0.4, 0.5) is 10.8 Å². The minimum atomic E-state index is -0.0589. The number of rotatable bonds is 7. The number of hydrogen-bond donors (Lipinski definition) is 0. The van der Waals surface area contributed by atoms with Crippen molar-refractivity contribution in [1.29, 1.82) is 0 Å². The molecule has 0 aliphatic carbocycles. The fourth-order valence-electron chi connectivity index (χ4n) is 3.24. The molecule has 0 bridgehead atoms. The van der Waals surface area contributed by atoms with Crippen LogP contribution < -0.4 is 4.90 Å². The van der Waals surface area contributed by atoms with Crippen LogP contribution in [0.1, 0.15) is 26.0 Å². The molecule has 2 aromatic heterocycles. The van der Waals surface area contributed by atoms with Crippen molar-refractivity contribution >= 4 is 62.5 Å². The normalized spacial score (nSPS) is 11.2. The number of carbonyl (C=O) groups is 1. The zero-order chi connectivity index (χ0) is 21.1. The number of benzene rings is 2. The first-order valence-electron chi connectivity index (χ1n) is 9.65. The molecule has 4 rings (SSSR count). The number of nitrogens with zero attached hydrogens (tertiary/aromatic N) is 4. The molecule has 2 heterocycles. The molecule has 0 atom stereocenters. The number of imidazole rings is 1. The number of carbonyl (C=O) groups excluding carboxylic acids is 1. The van der Waals surface area contributed by atoms with Crippen molar-refractivity contribution in [2.45, 2.75) is 37.7 Å². The number of fused-ring (bicyclic) bond motifs is 1. The molecule has 0 saturated carbocycles. The molecular weight excluding hydrogens is 436 g/mol. The smallest absolute Gasteiger partial charge is 0.230 e. The van der Waals surface area contributed by atoms with Gasteiger partial charge in [0.25, 0.3) is 0 Å². The maximum absolute atomic E-state index is 12.2. The first kappa shape index (κ1) is 20.9. The number of anilines is 2. The second kappa shape index (κ2) is 9.20. The van der Waals surface area contributed by atoms with E-state index in [1.165, 1.54) is 11.3 Å². The van der Waals surface area contributed by atoms with Gasteiger partial charge >= 0.3 is 0 Å². The summed E-state index contributed by atoms with van der Waals surface area (Å²) in [6.07, 6.45) is 1.02. The molecule has 8 heteroatoms. The van der Waals surface area contributed by atoms with Gasteiger partial charge in [0, 0.05) is 29.6 Å². The molecule has 0 aliphatic rings. The Hall–Kier alpha value is -2.35. The zero-order valence-corrected chi connectivity index (χ0v) is 19.1. The van der Waals surface area contributed by atoms with Crippen LogP contribution in [0.5, 0.6) is 0 Å². The van der Waals surface area contributed by atoms with E-state index in [4.69, 9.17) is 21.6 Å². The van der Waals surface area contributed by atoms with Crippen LogP contribution in [-0.4, -0.2) is 20.4 Å². The average Bonchev–Trinajstić information content (AvgIpc) is 3.32. The molecule has 154 valence electrons. The van der Waals surface area contributed by atoms with Gasteiger partial charge in [-0.25, -0.2) is 9.97 Å². The molecule has 30 heavy (non-hydrogen) atoms. The van der Waals surface area contributed by atoms with Crippen molar-refractivity contribution in [3.05, 3.63) is 64.6 Å². The highest BCUT2D eigenvalue weighted by Gasteiger charge is 2.18. The molecule has 0 saturated heterocycles. The summed E-state index contributed by atoms with van der Waals surface area (Å²) in [6.45, 7) is 4.61. The minimum absolute atomic E-state index is 0.0589. The lowest BCUT2D eigenvalue weighted by molar-refractivity contribution is -0.115. The fraction of sp³-hybridized carbons (Fsp3) is 0.227. The number of para-hydroxylation sites is 1. The molecule has 0 radical (unpaired) electrons. The molecular formula is C22H21ClN4OS2. The van der Waals surface area contributed by atoms with Gasteiger partial charge in [-0.1, -0.05) is 48.5 Å². The van der Waals surface area contributed by atoms with Gasteiger partial charge < -0.3 is 4.57 Å². The van der Waals surface area contributed by atoms with E-state index in [-0.39, 0.29) is 5.91 Å². The highest BCUT2D eigenvalue weighted by atomic mass is 35.5. The summed E-state index contributed by atoms with van der Waals surface area (Å²) in [4.78, 5) is 23.4. The summed E-state index contributed by atoms with van der Waals surface area (Å²) in [5.41, 5.74) is 3.74. The van der Waals surface area contributed by atoms with Gasteiger partial charge in [0.05, 0.1) is 22.4 Å². The van der Waals surface area contributed by atoms with E-state index >= 15 is 0 Å². The van der Waals surface area contributed by atoms with Crippen molar-refractivity contribution < 1.29 is 4.79 Å². The molecule has 5 nitrogen and oxygen atoms in total. The molecule has 0 aliphatic heterocycles. The number of aromatic nitrogens is 3. The number of hydrogen-bond acceptors (Lipinski definition) is 5. The third-order valence-electron chi connectivity index (χ3n) is 4.53. The lowest BCUT2D eigenvalue weighted by Crippen LogP contribution is -2.22. The van der Waals surface area contributed by atoms with Crippen LogP contribution in [0.25, 0.3) is 11.0 Å².